The minimum atomic E-state index is 0.0555. The summed E-state index contributed by atoms with van der Waals surface area (Å²) in [5, 5.41) is 3.69. The Hall–Kier alpha value is -2.52. The number of carbonyl (C=O) groups is 1. The van der Waals surface area contributed by atoms with Crippen LogP contribution in [-0.4, -0.2) is 10.5 Å². The summed E-state index contributed by atoms with van der Waals surface area (Å²) in [6.07, 6.45) is 0.489. The Morgan fingerprint density at radius 3 is 2.40 bits per heavy atom. The third kappa shape index (κ3) is 3.77. The molecule has 128 valence electrons. The van der Waals surface area contributed by atoms with Gasteiger partial charge in [-0.15, -0.1) is 0 Å². The molecule has 0 aliphatic heterocycles. The van der Waals surface area contributed by atoms with E-state index in [2.05, 4.69) is 35.0 Å². The number of aromatic nitrogens is 1. The van der Waals surface area contributed by atoms with E-state index in [1.165, 1.54) is 0 Å². The maximum atomic E-state index is 11.6. The lowest BCUT2D eigenvalue weighted by molar-refractivity contribution is -0.120. The van der Waals surface area contributed by atoms with Gasteiger partial charge in [-0.05, 0) is 48.4 Å². The number of hydrogen-bond donors (Lipinski definition) is 1. The molecule has 0 unspecified atom stereocenters. The third-order valence-corrected chi connectivity index (χ3v) is 4.56. The van der Waals surface area contributed by atoms with Crippen molar-refractivity contribution < 1.29 is 4.79 Å². The molecule has 1 amide bonds. The van der Waals surface area contributed by atoms with E-state index in [1.807, 2.05) is 49.4 Å². The first-order chi connectivity index (χ1) is 12.1. The Morgan fingerprint density at radius 2 is 1.76 bits per heavy atom. The van der Waals surface area contributed by atoms with Crippen molar-refractivity contribution in [3.63, 3.8) is 0 Å². The first-order valence-corrected chi connectivity index (χ1v) is 8.77. The Labute approximate surface area is 153 Å². The predicted molar refractivity (Wildman–Crippen MR) is 103 cm³/mol. The van der Waals surface area contributed by atoms with Gasteiger partial charge in [-0.2, -0.15) is 0 Å². The largest absolute Gasteiger partial charge is 0.352 e. The number of rotatable bonds is 5. The first kappa shape index (κ1) is 17.3. The quantitative estimate of drug-likeness (QED) is 0.678. The third-order valence-electron chi connectivity index (χ3n) is 4.30. The summed E-state index contributed by atoms with van der Waals surface area (Å²) in [4.78, 5) is 11.6. The van der Waals surface area contributed by atoms with Crippen molar-refractivity contribution in [2.24, 2.45) is 0 Å². The standard InChI is InChI=1S/C21H21ClN2O/c1-3-21(25)23-14-17-13-20(16-9-11-18(22)12-10-16)24(15(17)2)19-7-5-4-6-8-19/h4-13H,3,14H2,1-2H3,(H,23,25). The summed E-state index contributed by atoms with van der Waals surface area (Å²) >= 11 is 6.04. The monoisotopic (exact) mass is 352 g/mol. The van der Waals surface area contributed by atoms with Crippen molar-refractivity contribution in [1.29, 1.82) is 0 Å². The molecule has 0 radical (unpaired) electrons. The second-order valence-corrected chi connectivity index (χ2v) is 6.38. The number of para-hydroxylation sites is 1. The molecule has 1 N–H and O–H groups in total. The van der Waals surface area contributed by atoms with Crippen molar-refractivity contribution in [2.75, 3.05) is 0 Å². The van der Waals surface area contributed by atoms with Crippen molar-refractivity contribution in [3.05, 3.63) is 76.9 Å². The SMILES string of the molecule is CCC(=O)NCc1cc(-c2ccc(Cl)cc2)n(-c2ccccc2)c1C. The molecule has 0 bridgehead atoms. The molecule has 0 aliphatic rings. The van der Waals surface area contributed by atoms with Crippen LogP contribution in [0.5, 0.6) is 0 Å². The number of nitrogens with one attached hydrogen (secondary N) is 1. The smallest absolute Gasteiger partial charge is 0.219 e. The second-order valence-electron chi connectivity index (χ2n) is 5.95. The van der Waals surface area contributed by atoms with E-state index in [1.54, 1.807) is 0 Å². The summed E-state index contributed by atoms with van der Waals surface area (Å²) in [5.74, 6) is 0.0555. The molecule has 3 nitrogen and oxygen atoms in total. The maximum Gasteiger partial charge on any atom is 0.219 e. The van der Waals surface area contributed by atoms with Gasteiger partial charge in [0.2, 0.25) is 5.91 Å². The van der Waals surface area contributed by atoms with Crippen molar-refractivity contribution in [2.45, 2.75) is 26.8 Å². The molecule has 1 heterocycles. The average Bonchev–Trinajstić information content (AvgIpc) is 2.97. The van der Waals surface area contributed by atoms with Crippen LogP contribution in [0.2, 0.25) is 5.02 Å². The lowest BCUT2D eigenvalue weighted by Gasteiger charge is -2.12. The van der Waals surface area contributed by atoms with E-state index in [4.69, 9.17) is 11.6 Å². The first-order valence-electron chi connectivity index (χ1n) is 8.39. The van der Waals surface area contributed by atoms with Crippen molar-refractivity contribution >= 4 is 17.5 Å². The van der Waals surface area contributed by atoms with Gasteiger partial charge in [0.1, 0.15) is 0 Å². The zero-order valence-electron chi connectivity index (χ0n) is 14.4. The van der Waals surface area contributed by atoms with Gasteiger partial charge < -0.3 is 9.88 Å². The van der Waals surface area contributed by atoms with Gasteiger partial charge in [-0.3, -0.25) is 4.79 Å². The minimum absolute atomic E-state index is 0.0555. The molecule has 1 aromatic heterocycles. The van der Waals surface area contributed by atoms with E-state index in [0.29, 0.717) is 18.0 Å². The van der Waals surface area contributed by atoms with Gasteiger partial charge in [-0.1, -0.05) is 48.9 Å². The highest BCUT2D eigenvalue weighted by molar-refractivity contribution is 6.30. The number of carbonyl (C=O) groups excluding carboxylic acids is 1. The summed E-state index contributed by atoms with van der Waals surface area (Å²) in [6.45, 7) is 4.47. The highest BCUT2D eigenvalue weighted by Crippen LogP contribution is 2.30. The molecule has 0 spiro atoms. The van der Waals surface area contributed by atoms with Crippen LogP contribution in [0.1, 0.15) is 24.6 Å². The van der Waals surface area contributed by atoms with Gasteiger partial charge in [0.25, 0.3) is 0 Å². The molecular formula is C21H21ClN2O. The molecule has 0 fully saturated rings. The molecule has 0 saturated carbocycles. The van der Waals surface area contributed by atoms with Crippen LogP contribution >= 0.6 is 11.6 Å². The number of benzene rings is 2. The lowest BCUT2D eigenvalue weighted by atomic mass is 10.1. The predicted octanol–water partition coefficient (Wildman–Crippen LogP) is 5.13. The molecule has 3 aromatic rings. The fourth-order valence-corrected chi connectivity index (χ4v) is 3.02. The molecule has 0 saturated heterocycles. The number of amides is 1. The summed E-state index contributed by atoms with van der Waals surface area (Å²) in [6, 6.07) is 20.2. The molecule has 3 rings (SSSR count). The Morgan fingerprint density at radius 1 is 1.08 bits per heavy atom. The minimum Gasteiger partial charge on any atom is -0.352 e. The molecule has 4 heteroatoms. The van der Waals surface area contributed by atoms with E-state index in [9.17, 15) is 4.79 Å². The average molecular weight is 353 g/mol. The fraction of sp³-hybridized carbons (Fsp3) is 0.190. The van der Waals surface area contributed by atoms with Gasteiger partial charge in [0, 0.05) is 29.4 Å². The van der Waals surface area contributed by atoms with Crippen LogP contribution in [-0.2, 0) is 11.3 Å². The zero-order valence-corrected chi connectivity index (χ0v) is 15.2. The van der Waals surface area contributed by atoms with E-state index >= 15 is 0 Å². The molecular weight excluding hydrogens is 332 g/mol. The van der Waals surface area contributed by atoms with Crippen LogP contribution in [0, 0.1) is 6.92 Å². The summed E-state index contributed by atoms with van der Waals surface area (Å²) < 4.78 is 2.22. The Bertz CT molecular complexity index is 867. The van der Waals surface area contributed by atoms with E-state index in [0.717, 1.165) is 28.2 Å². The highest BCUT2D eigenvalue weighted by atomic mass is 35.5. The fourth-order valence-electron chi connectivity index (χ4n) is 2.90. The molecule has 2 aromatic carbocycles. The Kier molecular flexibility index (Phi) is 5.25. The van der Waals surface area contributed by atoms with Gasteiger partial charge in [0.15, 0.2) is 0 Å². The van der Waals surface area contributed by atoms with Crippen LogP contribution in [0.4, 0.5) is 0 Å². The van der Waals surface area contributed by atoms with Gasteiger partial charge in [0.05, 0.1) is 5.69 Å². The van der Waals surface area contributed by atoms with Gasteiger partial charge >= 0.3 is 0 Å². The number of hydrogen-bond acceptors (Lipinski definition) is 1. The van der Waals surface area contributed by atoms with Crippen LogP contribution in [0.15, 0.2) is 60.7 Å². The van der Waals surface area contributed by atoms with Crippen molar-refractivity contribution in [3.8, 4) is 16.9 Å². The van der Waals surface area contributed by atoms with Crippen LogP contribution < -0.4 is 5.32 Å². The maximum absolute atomic E-state index is 11.6. The topological polar surface area (TPSA) is 34.0 Å². The normalized spacial score (nSPS) is 10.7. The number of nitrogens with zero attached hydrogens (tertiary/aromatic N) is 1. The molecule has 25 heavy (non-hydrogen) atoms. The number of halogens is 1. The van der Waals surface area contributed by atoms with E-state index in [-0.39, 0.29) is 5.91 Å². The van der Waals surface area contributed by atoms with E-state index < -0.39 is 0 Å². The molecule has 0 atom stereocenters. The van der Waals surface area contributed by atoms with Crippen LogP contribution in [0.25, 0.3) is 16.9 Å². The van der Waals surface area contributed by atoms with Crippen molar-refractivity contribution in [1.82, 2.24) is 9.88 Å². The second kappa shape index (κ2) is 7.58. The summed E-state index contributed by atoms with van der Waals surface area (Å²) in [7, 11) is 0. The summed E-state index contributed by atoms with van der Waals surface area (Å²) in [5.41, 5.74) is 5.49. The zero-order chi connectivity index (χ0) is 17.8. The van der Waals surface area contributed by atoms with Crippen LogP contribution in [0.3, 0.4) is 0 Å². The highest BCUT2D eigenvalue weighted by Gasteiger charge is 2.15. The Balaban J connectivity index is 2.08. The van der Waals surface area contributed by atoms with Gasteiger partial charge in [-0.25, -0.2) is 0 Å². The lowest BCUT2D eigenvalue weighted by Crippen LogP contribution is -2.21. The molecule has 0 aliphatic carbocycles.